The Balaban J connectivity index is 0.942. The van der Waals surface area contributed by atoms with E-state index in [2.05, 4.69) is 220 Å². The van der Waals surface area contributed by atoms with Crippen molar-refractivity contribution in [2.45, 2.75) is 24.7 Å². The van der Waals surface area contributed by atoms with E-state index in [9.17, 15) is 0 Å². The van der Waals surface area contributed by atoms with E-state index in [0.29, 0.717) is 0 Å². The number of hydrogen-bond acceptors (Lipinski definition) is 2. The van der Waals surface area contributed by atoms with Crippen LogP contribution < -0.4 is 0 Å². The molecule has 2 heterocycles. The highest BCUT2D eigenvalue weighted by Crippen LogP contribution is 2.64. The van der Waals surface area contributed by atoms with Gasteiger partial charge in [-0.2, -0.15) is 0 Å². The van der Waals surface area contributed by atoms with E-state index in [0.717, 1.165) is 33.1 Å². The predicted molar refractivity (Wildman–Crippen MR) is 281 cm³/mol. The van der Waals surface area contributed by atoms with Crippen LogP contribution in [0.25, 0.3) is 121 Å². The Morgan fingerprint density at radius 1 is 0.279 bits per heavy atom. The topological polar surface area (TPSA) is 26.3 Å². The first-order valence-electron chi connectivity index (χ1n) is 23.8. The summed E-state index contributed by atoms with van der Waals surface area (Å²) in [5.74, 6) is 0. The van der Waals surface area contributed by atoms with Crippen LogP contribution in [0.15, 0.2) is 215 Å². The monoisotopic (exact) mass is 864 g/mol. The van der Waals surface area contributed by atoms with Crippen molar-refractivity contribution in [3.05, 3.63) is 240 Å². The number of hydrogen-bond donors (Lipinski definition) is 0. The largest absolute Gasteiger partial charge is 0.456 e. The van der Waals surface area contributed by atoms with Crippen molar-refractivity contribution in [1.29, 1.82) is 0 Å². The molecule has 0 aliphatic heterocycles. The van der Waals surface area contributed by atoms with Gasteiger partial charge < -0.3 is 8.83 Å². The first kappa shape index (κ1) is 36.7. The second kappa shape index (κ2) is 12.7. The van der Waals surface area contributed by atoms with Gasteiger partial charge in [0, 0.05) is 27.0 Å². The van der Waals surface area contributed by atoms with Crippen molar-refractivity contribution in [2.24, 2.45) is 0 Å². The Hall–Kier alpha value is -8.46. The van der Waals surface area contributed by atoms with Gasteiger partial charge >= 0.3 is 0 Å². The molecule has 2 aromatic heterocycles. The molecule has 3 aliphatic carbocycles. The molecular formula is C66H40O2. The van der Waals surface area contributed by atoms with Crippen molar-refractivity contribution >= 4 is 65.4 Å². The van der Waals surface area contributed by atoms with Gasteiger partial charge in [-0.25, -0.2) is 0 Å². The lowest BCUT2D eigenvalue weighted by atomic mass is 9.70. The molecule has 1 spiro atoms. The van der Waals surface area contributed by atoms with E-state index in [1.807, 2.05) is 0 Å². The van der Waals surface area contributed by atoms with Crippen molar-refractivity contribution in [3.8, 4) is 55.6 Å². The minimum absolute atomic E-state index is 0.101. The van der Waals surface area contributed by atoms with Crippen LogP contribution in [0.2, 0.25) is 0 Å². The molecule has 11 aromatic carbocycles. The zero-order chi connectivity index (χ0) is 44.6. The summed E-state index contributed by atoms with van der Waals surface area (Å²) in [6.45, 7) is 4.69. The van der Waals surface area contributed by atoms with Crippen molar-refractivity contribution < 1.29 is 8.83 Å². The van der Waals surface area contributed by atoms with E-state index < -0.39 is 5.41 Å². The number of fused-ring (bicyclic) bond motifs is 23. The molecule has 16 rings (SSSR count). The predicted octanol–water partition coefficient (Wildman–Crippen LogP) is 17.8. The van der Waals surface area contributed by atoms with Gasteiger partial charge in [-0.15, -0.1) is 0 Å². The van der Waals surface area contributed by atoms with Gasteiger partial charge in [0.25, 0.3) is 0 Å². The molecule has 0 saturated carbocycles. The SMILES string of the molecule is CC1(C)c2ccccc2-c2c1ccc1oc3ccc(-c4c5ccccc5c(-c5ccc6oc7ccc8c(c7c6c5)-c5ccccc5C85c6ccccc6-c6ccccc65)c5ccccc45)cc3c21. The van der Waals surface area contributed by atoms with Crippen LogP contribution in [0.1, 0.15) is 47.2 Å². The van der Waals surface area contributed by atoms with E-state index in [-0.39, 0.29) is 5.41 Å². The van der Waals surface area contributed by atoms with Gasteiger partial charge in [0.05, 0.1) is 5.41 Å². The van der Waals surface area contributed by atoms with Crippen molar-refractivity contribution in [3.63, 3.8) is 0 Å². The zero-order valence-electron chi connectivity index (χ0n) is 37.4. The molecule has 0 radical (unpaired) electrons. The molecule has 68 heavy (non-hydrogen) atoms. The molecule has 3 aliphatic rings. The standard InChI is InChI=1S/C66H40O2/c1-65(2)49-23-11-9-21-45(49)61-53(65)29-33-57-63(61)47-35-37(27-31-55(47)67-57)59-41-17-3-5-19-43(41)60(44-20-6-4-18-42(44)59)38-28-32-56-48(36-38)64-58(68-56)34-30-54-62(64)46-22-10-14-26-52(46)66(54)50-24-12-7-15-39(50)40-16-8-13-25-51(40)66/h3-36H,1-2H3. The number of benzene rings is 11. The fourth-order valence-corrected chi connectivity index (χ4v) is 13.6. The van der Waals surface area contributed by atoms with Crippen LogP contribution in [0.5, 0.6) is 0 Å². The first-order valence-corrected chi connectivity index (χ1v) is 23.8. The van der Waals surface area contributed by atoms with Crippen LogP contribution in [-0.2, 0) is 10.8 Å². The summed E-state index contributed by atoms with van der Waals surface area (Å²) in [7, 11) is 0. The minimum Gasteiger partial charge on any atom is -0.456 e. The van der Waals surface area contributed by atoms with Crippen LogP contribution in [-0.4, -0.2) is 0 Å². The lowest BCUT2D eigenvalue weighted by molar-refractivity contribution is 0.656. The average molecular weight is 865 g/mol. The fourth-order valence-electron chi connectivity index (χ4n) is 13.6. The summed E-state index contributed by atoms with van der Waals surface area (Å²) in [5.41, 5.74) is 23.7. The molecule has 0 saturated heterocycles. The summed E-state index contributed by atoms with van der Waals surface area (Å²) in [4.78, 5) is 0. The average Bonchev–Trinajstić information content (AvgIpc) is 4.16. The van der Waals surface area contributed by atoms with E-state index >= 15 is 0 Å². The molecule has 0 N–H and O–H groups in total. The van der Waals surface area contributed by atoms with Gasteiger partial charge in [0.1, 0.15) is 22.3 Å². The molecule has 13 aromatic rings. The van der Waals surface area contributed by atoms with Gasteiger partial charge in [0.2, 0.25) is 0 Å². The molecule has 0 fully saturated rings. The summed E-state index contributed by atoms with van der Waals surface area (Å²) >= 11 is 0. The highest BCUT2D eigenvalue weighted by atomic mass is 16.3. The second-order valence-corrected chi connectivity index (χ2v) is 19.7. The Kier molecular flexibility index (Phi) is 6.86. The Bertz CT molecular complexity index is 4320. The molecule has 316 valence electrons. The maximum atomic E-state index is 6.84. The second-order valence-electron chi connectivity index (χ2n) is 19.7. The molecule has 0 amide bonds. The summed E-state index contributed by atoms with van der Waals surface area (Å²) in [5, 5.41) is 9.53. The molecule has 2 heteroatoms. The summed E-state index contributed by atoms with van der Waals surface area (Å²) < 4.78 is 13.5. The Morgan fingerprint density at radius 3 is 1.15 bits per heavy atom. The van der Waals surface area contributed by atoms with Crippen LogP contribution >= 0.6 is 0 Å². The molecule has 2 nitrogen and oxygen atoms in total. The smallest absolute Gasteiger partial charge is 0.136 e. The molecular weight excluding hydrogens is 825 g/mol. The van der Waals surface area contributed by atoms with Gasteiger partial charge in [-0.05, 0) is 147 Å². The van der Waals surface area contributed by atoms with E-state index in [1.54, 1.807) is 0 Å². The van der Waals surface area contributed by atoms with E-state index in [4.69, 9.17) is 8.83 Å². The van der Waals surface area contributed by atoms with Crippen LogP contribution in [0, 0.1) is 0 Å². The minimum atomic E-state index is -0.427. The normalized spacial score (nSPS) is 14.6. The third kappa shape index (κ3) is 4.35. The first-order chi connectivity index (χ1) is 33.5. The molecule has 0 bridgehead atoms. The van der Waals surface area contributed by atoms with E-state index in [1.165, 1.54) is 121 Å². The summed E-state index contributed by atoms with van der Waals surface area (Å²) in [6, 6.07) is 76.7. The van der Waals surface area contributed by atoms with Crippen molar-refractivity contribution in [2.75, 3.05) is 0 Å². The van der Waals surface area contributed by atoms with Gasteiger partial charge in [0.15, 0.2) is 0 Å². The summed E-state index contributed by atoms with van der Waals surface area (Å²) in [6.07, 6.45) is 0. The van der Waals surface area contributed by atoms with Gasteiger partial charge in [-0.1, -0.05) is 184 Å². The van der Waals surface area contributed by atoms with Crippen LogP contribution in [0.4, 0.5) is 0 Å². The number of rotatable bonds is 2. The number of furan rings is 2. The molecule has 0 unspecified atom stereocenters. The maximum absolute atomic E-state index is 6.84. The van der Waals surface area contributed by atoms with Crippen LogP contribution in [0.3, 0.4) is 0 Å². The highest BCUT2D eigenvalue weighted by Gasteiger charge is 2.52. The fraction of sp³-hybridized carbons (Fsp3) is 0.0606. The van der Waals surface area contributed by atoms with Gasteiger partial charge in [-0.3, -0.25) is 0 Å². The van der Waals surface area contributed by atoms with Crippen molar-refractivity contribution in [1.82, 2.24) is 0 Å². The zero-order valence-corrected chi connectivity index (χ0v) is 37.4. The Morgan fingerprint density at radius 2 is 0.647 bits per heavy atom. The highest BCUT2D eigenvalue weighted by molar-refractivity contribution is 6.24. The molecule has 0 atom stereocenters. The third-order valence-corrected chi connectivity index (χ3v) is 16.3. The quantitative estimate of drug-likeness (QED) is 0.162. The third-order valence-electron chi connectivity index (χ3n) is 16.3. The Labute approximate surface area is 392 Å². The maximum Gasteiger partial charge on any atom is 0.136 e. The lowest BCUT2D eigenvalue weighted by Gasteiger charge is -2.30. The lowest BCUT2D eigenvalue weighted by Crippen LogP contribution is -2.25.